The van der Waals surface area contributed by atoms with Gasteiger partial charge in [-0.3, -0.25) is 9.59 Å². The standard InChI is InChI=1S/C50H62N8O9/c1-8-50(3,4)43(56-49(62)65-7)47(60)58-27(2)9-14-38(58)45-52-36-13-11-30-21-35-33-12-10-31(20-32(33)26-67-40(35)22-34(30)42(36)54-45)37-23-51-44(53-37)39-19-28(25-63-5)24-57(39)46(59)41(55-48(61)64-6)29-15-17-66-18-16-29/h10-13,20-23,27-29,38-39,41,43H,8-9,14-19,24-26H2,1-7H3,(H,51,53)(H,52,54)(H,55,61)(H,56,62)/t27-,28-,38-,39-,41-,43+/m0/s1. The molecule has 3 saturated heterocycles. The molecule has 3 fully saturated rings. The number of hydrogen-bond acceptors (Lipinski definition) is 11. The number of ether oxygens (including phenoxy) is 5. The minimum atomic E-state index is -0.771. The van der Waals surface area contributed by atoms with E-state index in [1.165, 1.54) is 14.2 Å². The maximum atomic E-state index is 14.4. The lowest BCUT2D eigenvalue weighted by Gasteiger charge is -2.38. The van der Waals surface area contributed by atoms with Crippen LogP contribution in [0.3, 0.4) is 0 Å². The summed E-state index contributed by atoms with van der Waals surface area (Å²) in [5.74, 6) is 1.84. The van der Waals surface area contributed by atoms with Gasteiger partial charge >= 0.3 is 12.2 Å². The number of carbonyl (C=O) groups is 4. The number of hydrogen-bond donors (Lipinski definition) is 4. The molecule has 0 spiro atoms. The smallest absolute Gasteiger partial charge is 0.407 e. The van der Waals surface area contributed by atoms with E-state index < -0.39 is 29.7 Å². The number of benzene rings is 3. The minimum Gasteiger partial charge on any atom is -0.488 e. The number of aromatic nitrogens is 4. The molecule has 4 aliphatic rings. The van der Waals surface area contributed by atoms with Crippen LogP contribution in [0.2, 0.25) is 0 Å². The lowest BCUT2D eigenvalue weighted by atomic mass is 9.81. The van der Waals surface area contributed by atoms with Crippen molar-refractivity contribution in [1.29, 1.82) is 0 Å². The number of aromatic amines is 2. The Kier molecular flexibility index (Phi) is 12.9. The number of imidazole rings is 2. The van der Waals surface area contributed by atoms with Crippen LogP contribution in [0.5, 0.6) is 5.75 Å². The number of likely N-dealkylation sites (tertiary alicyclic amines) is 2. The van der Waals surface area contributed by atoms with Crippen LogP contribution in [0, 0.1) is 17.3 Å². The van der Waals surface area contributed by atoms with Crippen molar-refractivity contribution in [2.45, 2.75) is 103 Å². The monoisotopic (exact) mass is 918 g/mol. The molecule has 4 aliphatic heterocycles. The summed E-state index contributed by atoms with van der Waals surface area (Å²) in [6.07, 6.45) is 4.74. The predicted octanol–water partition coefficient (Wildman–Crippen LogP) is 7.57. The van der Waals surface area contributed by atoms with Gasteiger partial charge in [0.2, 0.25) is 11.8 Å². The van der Waals surface area contributed by atoms with E-state index in [0.717, 1.165) is 68.3 Å². The highest BCUT2D eigenvalue weighted by Gasteiger charge is 2.46. The molecule has 0 unspecified atom stereocenters. The minimum absolute atomic E-state index is 0.0472. The van der Waals surface area contributed by atoms with Crippen molar-refractivity contribution in [3.05, 3.63) is 65.9 Å². The summed E-state index contributed by atoms with van der Waals surface area (Å²) in [6.45, 7) is 10.4. The first-order chi connectivity index (χ1) is 32.3. The van der Waals surface area contributed by atoms with Gasteiger partial charge in [-0.2, -0.15) is 0 Å². The zero-order chi connectivity index (χ0) is 47.1. The SMILES string of the molecule is CCC(C)(C)[C@H](NC(=O)OC)C(=O)N1[C@@H](C)CC[C@H]1c1nc2c(ccc3cc4c(cc32)OCc2cc(-c3cnc([C@@H]5C[C@H](COC)CN5C(=O)[C@@H](NC(=O)OC)C5CCOCC5)[nH]3)ccc2-4)[nH]1. The van der Waals surface area contributed by atoms with Crippen LogP contribution >= 0.6 is 0 Å². The van der Waals surface area contributed by atoms with E-state index in [1.807, 2.05) is 49.8 Å². The van der Waals surface area contributed by atoms with Crippen molar-refractivity contribution >= 4 is 45.8 Å². The zero-order valence-electron chi connectivity index (χ0n) is 39.4. The molecule has 0 bridgehead atoms. The third-order valence-electron chi connectivity index (χ3n) is 14.7. The van der Waals surface area contributed by atoms with Gasteiger partial charge in [-0.1, -0.05) is 39.0 Å². The van der Waals surface area contributed by atoms with E-state index in [0.29, 0.717) is 70.3 Å². The number of H-pyrrole nitrogens is 2. The number of carbonyl (C=O) groups excluding carboxylic acids is 4. The first-order valence-electron chi connectivity index (χ1n) is 23.5. The van der Waals surface area contributed by atoms with Crippen LogP contribution in [-0.2, 0) is 35.1 Å². The highest BCUT2D eigenvalue weighted by Crippen LogP contribution is 2.44. The maximum absolute atomic E-state index is 14.4. The van der Waals surface area contributed by atoms with Crippen LogP contribution < -0.4 is 15.4 Å². The molecule has 17 heteroatoms. The molecule has 0 aliphatic carbocycles. The van der Waals surface area contributed by atoms with Crippen LogP contribution in [0.4, 0.5) is 9.59 Å². The fraction of sp³-hybridized carbons (Fsp3) is 0.520. The van der Waals surface area contributed by atoms with Crippen LogP contribution in [0.25, 0.3) is 44.2 Å². The first-order valence-corrected chi connectivity index (χ1v) is 23.5. The van der Waals surface area contributed by atoms with Gasteiger partial charge in [0, 0.05) is 49.8 Å². The third-order valence-corrected chi connectivity index (χ3v) is 14.7. The average Bonchev–Trinajstić information content (AvgIpc) is 4.17. The molecule has 4 amide bonds. The molecule has 9 rings (SSSR count). The fourth-order valence-corrected chi connectivity index (χ4v) is 10.6. The summed E-state index contributed by atoms with van der Waals surface area (Å²) in [7, 11) is 4.27. The number of fused-ring (bicyclic) bond motifs is 6. The molecule has 0 saturated carbocycles. The van der Waals surface area contributed by atoms with Crippen molar-refractivity contribution < 1.29 is 42.9 Å². The van der Waals surface area contributed by atoms with Gasteiger partial charge in [0.05, 0.1) is 55.8 Å². The van der Waals surface area contributed by atoms with E-state index in [-0.39, 0.29) is 41.8 Å². The van der Waals surface area contributed by atoms with Gasteiger partial charge in [0.15, 0.2) is 0 Å². The highest BCUT2D eigenvalue weighted by atomic mass is 16.5. The van der Waals surface area contributed by atoms with Crippen molar-refractivity contribution in [2.24, 2.45) is 17.3 Å². The molecule has 4 N–H and O–H groups in total. The van der Waals surface area contributed by atoms with Gasteiger partial charge in [0.1, 0.15) is 36.1 Å². The Morgan fingerprint density at radius 3 is 2.42 bits per heavy atom. The van der Waals surface area contributed by atoms with Crippen LogP contribution in [0.15, 0.2) is 48.7 Å². The zero-order valence-corrected chi connectivity index (χ0v) is 39.4. The van der Waals surface area contributed by atoms with Gasteiger partial charge in [-0.05, 0) is 103 Å². The highest BCUT2D eigenvalue weighted by molar-refractivity contribution is 6.07. The number of rotatable bonds is 12. The van der Waals surface area contributed by atoms with Crippen molar-refractivity contribution in [1.82, 2.24) is 40.4 Å². The Labute approximate surface area is 390 Å². The molecule has 0 radical (unpaired) electrons. The van der Waals surface area contributed by atoms with Gasteiger partial charge in [-0.15, -0.1) is 0 Å². The lowest BCUT2D eigenvalue weighted by Crippen LogP contribution is -2.56. The molecule has 2 aromatic heterocycles. The molecule has 3 aromatic carbocycles. The quantitative estimate of drug-likeness (QED) is 0.0962. The van der Waals surface area contributed by atoms with Gasteiger partial charge in [-0.25, -0.2) is 19.6 Å². The van der Waals surface area contributed by atoms with Crippen LogP contribution in [0.1, 0.15) is 95.5 Å². The molecule has 6 heterocycles. The lowest BCUT2D eigenvalue weighted by molar-refractivity contribution is -0.139. The second kappa shape index (κ2) is 18.8. The van der Waals surface area contributed by atoms with Crippen molar-refractivity contribution in [3.8, 4) is 28.1 Å². The molecule has 17 nitrogen and oxygen atoms in total. The second-order valence-corrected chi connectivity index (χ2v) is 19.2. The normalized spacial score (nSPS) is 21.7. The number of methoxy groups -OCH3 is 3. The Morgan fingerprint density at radius 2 is 1.67 bits per heavy atom. The topological polar surface area (TPSA) is 202 Å². The summed E-state index contributed by atoms with van der Waals surface area (Å²) in [5, 5.41) is 7.62. The number of alkyl carbamates (subject to hydrolysis) is 2. The fourth-order valence-electron chi connectivity index (χ4n) is 10.6. The van der Waals surface area contributed by atoms with E-state index in [1.54, 1.807) is 7.11 Å². The first kappa shape index (κ1) is 45.9. The van der Waals surface area contributed by atoms with E-state index in [2.05, 4.69) is 57.0 Å². The summed E-state index contributed by atoms with van der Waals surface area (Å²) in [5.41, 5.74) is 5.99. The largest absolute Gasteiger partial charge is 0.488 e. The van der Waals surface area contributed by atoms with Gasteiger partial charge in [0.25, 0.3) is 0 Å². The van der Waals surface area contributed by atoms with Crippen LogP contribution in [-0.4, -0.2) is 120 Å². The Hall–Kier alpha value is -6.20. The Morgan fingerprint density at radius 1 is 0.896 bits per heavy atom. The Bertz CT molecular complexity index is 2670. The number of amides is 4. The molecule has 5 aromatic rings. The summed E-state index contributed by atoms with van der Waals surface area (Å²) < 4.78 is 27.4. The summed E-state index contributed by atoms with van der Waals surface area (Å²) in [6, 6.07) is 12.4. The van der Waals surface area contributed by atoms with Crippen molar-refractivity contribution in [2.75, 3.05) is 47.7 Å². The van der Waals surface area contributed by atoms with E-state index >= 15 is 0 Å². The summed E-state index contributed by atoms with van der Waals surface area (Å²) >= 11 is 0. The molecule has 356 valence electrons. The second-order valence-electron chi connectivity index (χ2n) is 19.2. The molecular weight excluding hydrogens is 857 g/mol. The average molecular weight is 919 g/mol. The summed E-state index contributed by atoms with van der Waals surface area (Å²) in [4.78, 5) is 74.5. The number of nitrogens with zero attached hydrogens (tertiary/aromatic N) is 4. The van der Waals surface area contributed by atoms with E-state index in [4.69, 9.17) is 33.7 Å². The molecule has 67 heavy (non-hydrogen) atoms. The molecule has 6 atom stereocenters. The number of nitrogens with one attached hydrogen (secondary N) is 4. The Balaban J connectivity index is 0.969. The van der Waals surface area contributed by atoms with Crippen molar-refractivity contribution in [3.63, 3.8) is 0 Å². The molecular formula is C50H62N8O9. The van der Waals surface area contributed by atoms with Gasteiger partial charge < -0.3 is 54.1 Å². The predicted molar refractivity (Wildman–Crippen MR) is 250 cm³/mol. The van der Waals surface area contributed by atoms with E-state index in [9.17, 15) is 19.2 Å². The third kappa shape index (κ3) is 8.79. The maximum Gasteiger partial charge on any atom is 0.407 e.